The van der Waals surface area contributed by atoms with Gasteiger partial charge in [-0.2, -0.15) is 0 Å². The van der Waals surface area contributed by atoms with Gasteiger partial charge in [0.2, 0.25) is 0 Å². The summed E-state index contributed by atoms with van der Waals surface area (Å²) in [5.41, 5.74) is 4.51. The molecule has 3 nitrogen and oxygen atoms in total. The zero-order valence-corrected chi connectivity index (χ0v) is 12.0. The van der Waals surface area contributed by atoms with Crippen molar-refractivity contribution in [3.8, 4) is 0 Å². The molecule has 1 unspecified atom stereocenters. The number of benzene rings is 2. The summed E-state index contributed by atoms with van der Waals surface area (Å²) in [5, 5.41) is 12.9. The van der Waals surface area contributed by atoms with E-state index in [1.54, 1.807) is 24.3 Å². The van der Waals surface area contributed by atoms with Crippen molar-refractivity contribution in [2.45, 2.75) is 26.9 Å². The van der Waals surface area contributed by atoms with Gasteiger partial charge >= 0.3 is 0 Å². The van der Waals surface area contributed by atoms with Gasteiger partial charge in [-0.3, -0.25) is 4.79 Å². The van der Waals surface area contributed by atoms with Gasteiger partial charge in [0.15, 0.2) is 6.10 Å². The van der Waals surface area contributed by atoms with Crippen LogP contribution >= 0.6 is 0 Å². The van der Waals surface area contributed by atoms with Crippen LogP contribution in [0.3, 0.4) is 0 Å². The van der Waals surface area contributed by atoms with Gasteiger partial charge < -0.3 is 10.4 Å². The molecule has 0 radical (unpaired) electrons. The summed E-state index contributed by atoms with van der Waals surface area (Å²) in [7, 11) is 0. The summed E-state index contributed by atoms with van der Waals surface area (Å²) < 4.78 is 0. The Labute approximate surface area is 119 Å². The zero-order valence-electron chi connectivity index (χ0n) is 12.0. The molecule has 2 N–H and O–H groups in total. The molecule has 20 heavy (non-hydrogen) atoms. The van der Waals surface area contributed by atoms with E-state index in [4.69, 9.17) is 0 Å². The van der Waals surface area contributed by atoms with Crippen LogP contribution in [0.5, 0.6) is 0 Å². The number of anilines is 1. The number of hydrogen-bond donors (Lipinski definition) is 2. The molecule has 104 valence electrons. The van der Waals surface area contributed by atoms with Crippen molar-refractivity contribution in [3.63, 3.8) is 0 Å². The molecule has 0 aliphatic rings. The number of nitrogens with one attached hydrogen (secondary N) is 1. The van der Waals surface area contributed by atoms with Crippen molar-refractivity contribution in [1.29, 1.82) is 0 Å². The maximum atomic E-state index is 12.1. The molecule has 0 heterocycles. The normalized spacial score (nSPS) is 12.0. The molecule has 0 fully saturated rings. The Morgan fingerprint density at radius 2 is 1.60 bits per heavy atom. The zero-order chi connectivity index (χ0) is 14.7. The molecule has 2 aromatic rings. The third-order valence-corrected chi connectivity index (χ3v) is 3.29. The lowest BCUT2D eigenvalue weighted by Crippen LogP contribution is -2.21. The smallest absolute Gasteiger partial charge is 0.257 e. The Hall–Kier alpha value is -2.13. The highest BCUT2D eigenvalue weighted by Crippen LogP contribution is 2.23. The molecule has 0 aromatic heterocycles. The molecule has 2 aromatic carbocycles. The van der Waals surface area contributed by atoms with Crippen LogP contribution in [0.25, 0.3) is 0 Å². The molecule has 0 spiro atoms. The minimum Gasteiger partial charge on any atom is -0.378 e. The molecule has 1 atom stereocenters. The van der Waals surface area contributed by atoms with Gasteiger partial charge in [0.1, 0.15) is 0 Å². The van der Waals surface area contributed by atoms with Gasteiger partial charge in [-0.1, -0.05) is 48.0 Å². The van der Waals surface area contributed by atoms with E-state index in [9.17, 15) is 9.90 Å². The van der Waals surface area contributed by atoms with E-state index >= 15 is 0 Å². The van der Waals surface area contributed by atoms with Gasteiger partial charge in [0, 0.05) is 5.69 Å². The fraction of sp³-hybridized carbons (Fsp3) is 0.235. The third kappa shape index (κ3) is 3.06. The molecule has 0 bridgehead atoms. The largest absolute Gasteiger partial charge is 0.378 e. The van der Waals surface area contributed by atoms with Crippen molar-refractivity contribution >= 4 is 11.6 Å². The summed E-state index contributed by atoms with van der Waals surface area (Å²) in [4.78, 5) is 12.1. The van der Waals surface area contributed by atoms with Crippen molar-refractivity contribution in [3.05, 3.63) is 64.7 Å². The minimum atomic E-state index is -1.16. The predicted octanol–water partition coefficient (Wildman–Crippen LogP) is 3.28. The van der Waals surface area contributed by atoms with Crippen LogP contribution in [0.15, 0.2) is 42.5 Å². The van der Waals surface area contributed by atoms with E-state index in [-0.39, 0.29) is 0 Å². The molecule has 0 saturated heterocycles. The van der Waals surface area contributed by atoms with Crippen molar-refractivity contribution < 1.29 is 9.90 Å². The van der Waals surface area contributed by atoms with Crippen LogP contribution in [0.4, 0.5) is 5.69 Å². The number of hydrogen-bond acceptors (Lipinski definition) is 2. The van der Waals surface area contributed by atoms with Gasteiger partial charge in [0.05, 0.1) is 0 Å². The summed E-state index contributed by atoms with van der Waals surface area (Å²) in [5.74, 6) is -0.411. The second kappa shape index (κ2) is 5.88. The minimum absolute atomic E-state index is 0.411. The van der Waals surface area contributed by atoms with Crippen molar-refractivity contribution in [1.82, 2.24) is 0 Å². The summed E-state index contributed by atoms with van der Waals surface area (Å²) in [6.07, 6.45) is -1.16. The number of aliphatic hydroxyl groups excluding tert-OH is 1. The highest BCUT2D eigenvalue weighted by atomic mass is 16.3. The monoisotopic (exact) mass is 269 g/mol. The van der Waals surface area contributed by atoms with Crippen LogP contribution in [-0.4, -0.2) is 11.0 Å². The fourth-order valence-electron chi connectivity index (χ4n) is 2.36. The van der Waals surface area contributed by atoms with Crippen LogP contribution in [0.1, 0.15) is 28.4 Å². The van der Waals surface area contributed by atoms with Crippen LogP contribution in [0.2, 0.25) is 0 Å². The number of aliphatic hydroxyl groups is 1. The van der Waals surface area contributed by atoms with E-state index in [0.717, 1.165) is 22.4 Å². The van der Waals surface area contributed by atoms with E-state index in [1.807, 2.05) is 39.0 Å². The first-order valence-corrected chi connectivity index (χ1v) is 6.61. The van der Waals surface area contributed by atoms with Gasteiger partial charge in [-0.25, -0.2) is 0 Å². The van der Waals surface area contributed by atoms with Gasteiger partial charge in [-0.05, 0) is 37.5 Å². The first-order valence-electron chi connectivity index (χ1n) is 6.61. The summed E-state index contributed by atoms with van der Waals surface area (Å²) in [6.45, 7) is 5.92. The average Bonchev–Trinajstić information content (AvgIpc) is 2.42. The maximum absolute atomic E-state index is 12.1. The number of amides is 1. The topological polar surface area (TPSA) is 49.3 Å². The molecule has 0 aliphatic heterocycles. The highest BCUT2D eigenvalue weighted by Gasteiger charge is 2.18. The lowest BCUT2D eigenvalue weighted by atomic mass is 10.0. The lowest BCUT2D eigenvalue weighted by Gasteiger charge is -2.16. The van der Waals surface area contributed by atoms with Crippen LogP contribution in [-0.2, 0) is 4.79 Å². The number of carbonyl (C=O) groups is 1. The Morgan fingerprint density at radius 1 is 1.05 bits per heavy atom. The summed E-state index contributed by atoms with van der Waals surface area (Å²) in [6, 6.07) is 12.9. The number of rotatable bonds is 3. The predicted molar refractivity (Wildman–Crippen MR) is 80.7 cm³/mol. The molecular formula is C17H19NO2. The van der Waals surface area contributed by atoms with Crippen molar-refractivity contribution in [2.24, 2.45) is 0 Å². The first-order chi connectivity index (χ1) is 9.49. The number of carbonyl (C=O) groups excluding carboxylic acids is 1. The van der Waals surface area contributed by atoms with E-state index in [1.165, 1.54) is 0 Å². The molecule has 2 rings (SSSR count). The quantitative estimate of drug-likeness (QED) is 0.898. The molecule has 0 saturated carbocycles. The SMILES string of the molecule is Cc1cc(C)c(NC(=O)C(O)c2ccccc2)c(C)c1. The molecule has 0 aliphatic carbocycles. The van der Waals surface area contributed by atoms with Gasteiger partial charge in [-0.15, -0.1) is 0 Å². The number of aryl methyl sites for hydroxylation is 3. The van der Waals surface area contributed by atoms with Crippen LogP contribution < -0.4 is 5.32 Å². The van der Waals surface area contributed by atoms with Crippen molar-refractivity contribution in [2.75, 3.05) is 5.32 Å². The maximum Gasteiger partial charge on any atom is 0.257 e. The molecule has 3 heteroatoms. The van der Waals surface area contributed by atoms with Gasteiger partial charge in [0.25, 0.3) is 5.91 Å². The second-order valence-corrected chi connectivity index (χ2v) is 5.08. The first kappa shape index (κ1) is 14.3. The Morgan fingerprint density at radius 3 is 2.15 bits per heavy atom. The third-order valence-electron chi connectivity index (χ3n) is 3.29. The Bertz CT molecular complexity index is 597. The summed E-state index contributed by atoms with van der Waals surface area (Å²) >= 11 is 0. The van der Waals surface area contributed by atoms with E-state index in [2.05, 4.69) is 5.32 Å². The second-order valence-electron chi connectivity index (χ2n) is 5.08. The molecule has 1 amide bonds. The average molecular weight is 269 g/mol. The lowest BCUT2D eigenvalue weighted by molar-refractivity contribution is -0.124. The van der Waals surface area contributed by atoms with E-state index in [0.29, 0.717) is 5.56 Å². The Kier molecular flexibility index (Phi) is 4.20. The van der Waals surface area contributed by atoms with Crippen LogP contribution in [0, 0.1) is 20.8 Å². The fourth-order valence-corrected chi connectivity index (χ4v) is 2.36. The van der Waals surface area contributed by atoms with E-state index < -0.39 is 12.0 Å². The Balaban J connectivity index is 2.20. The highest BCUT2D eigenvalue weighted by molar-refractivity contribution is 5.96. The molecular weight excluding hydrogens is 250 g/mol. The standard InChI is InChI=1S/C17H19NO2/c1-11-9-12(2)15(13(3)10-11)18-17(20)16(19)14-7-5-4-6-8-14/h4-10,16,19H,1-3H3,(H,18,20).